The summed E-state index contributed by atoms with van der Waals surface area (Å²) in [6.45, 7) is 7.51. The molecule has 0 bridgehead atoms. The van der Waals surface area contributed by atoms with Crippen LogP contribution < -0.4 is 5.32 Å². The lowest BCUT2D eigenvalue weighted by atomic mass is 9.51. The molecule has 0 unspecified atom stereocenters. The maximum atomic E-state index is 14.2. The normalized spacial score (nSPS) is 38.1. The highest BCUT2D eigenvalue weighted by Gasteiger charge is 2.68. The smallest absolute Gasteiger partial charge is 0.235 e. The van der Waals surface area contributed by atoms with Gasteiger partial charge in [0.05, 0.1) is 5.92 Å². The lowest BCUT2D eigenvalue weighted by Crippen LogP contribution is -2.59. The van der Waals surface area contributed by atoms with Gasteiger partial charge in [-0.15, -0.1) is 0 Å². The Morgan fingerprint density at radius 1 is 1.08 bits per heavy atom. The molecule has 2 fully saturated rings. The summed E-state index contributed by atoms with van der Waals surface area (Å²) >= 11 is 0. The quantitative estimate of drug-likeness (QED) is 0.399. The van der Waals surface area contributed by atoms with Gasteiger partial charge in [-0.25, -0.2) is 0 Å². The van der Waals surface area contributed by atoms with Gasteiger partial charge in [0.25, 0.3) is 0 Å². The van der Waals surface area contributed by atoms with Crippen molar-refractivity contribution in [3.05, 3.63) is 59.8 Å². The van der Waals surface area contributed by atoms with Crippen molar-refractivity contribution in [1.29, 1.82) is 0 Å². The van der Waals surface area contributed by atoms with Gasteiger partial charge in [-0.3, -0.25) is 19.2 Å². The lowest BCUT2D eigenvalue weighted by molar-refractivity contribution is -0.158. The molecule has 7 nitrogen and oxygen atoms in total. The van der Waals surface area contributed by atoms with Gasteiger partial charge in [0, 0.05) is 41.4 Å². The Labute approximate surface area is 229 Å². The van der Waals surface area contributed by atoms with Gasteiger partial charge >= 0.3 is 0 Å². The van der Waals surface area contributed by atoms with Crippen LogP contribution in [0.25, 0.3) is 10.9 Å². The second-order valence-electron chi connectivity index (χ2n) is 11.9. The number of allylic oxidation sites excluding steroid dienone is 3. The van der Waals surface area contributed by atoms with Crippen LogP contribution >= 0.6 is 0 Å². The molecule has 1 saturated heterocycles. The number of benzene rings is 1. The molecule has 2 aromatic rings. The molecule has 3 N–H and O–H groups in total. The number of nitrogens with one attached hydrogen (secondary N) is 2. The second kappa shape index (κ2) is 10.3. The molecule has 2 heterocycles. The number of aromatic amines is 1. The van der Waals surface area contributed by atoms with Crippen molar-refractivity contribution in [2.24, 2.45) is 35.0 Å². The molecule has 7 heteroatoms. The first-order chi connectivity index (χ1) is 18.6. The number of Topliss-reactive ketones (excluding diaryl/α,β-unsaturated/α-hetero) is 3. The zero-order chi connectivity index (χ0) is 28.1. The van der Waals surface area contributed by atoms with Gasteiger partial charge in [0.2, 0.25) is 5.91 Å². The van der Waals surface area contributed by atoms with Gasteiger partial charge in [0.15, 0.2) is 5.78 Å². The summed E-state index contributed by atoms with van der Waals surface area (Å²) < 4.78 is 0. The van der Waals surface area contributed by atoms with Crippen molar-refractivity contribution in [1.82, 2.24) is 10.3 Å². The SMILES string of the molecule is C/C1=C/[C@@H](C)C/C=C\[C@H]2C(=O)[C@H](C)[C@@H](C)[C@H]3[C@H](Cc4c[nH]c5ccccc45)NC(=O)[C@]32C(=O)CC[C@H](O)C1=O. The van der Waals surface area contributed by atoms with Crippen LogP contribution in [0.1, 0.15) is 52.5 Å². The number of H-pyrrole nitrogens is 1. The van der Waals surface area contributed by atoms with E-state index in [1.165, 1.54) is 0 Å². The summed E-state index contributed by atoms with van der Waals surface area (Å²) in [7, 11) is 0. The molecule has 1 amide bonds. The zero-order valence-electron chi connectivity index (χ0n) is 23.1. The van der Waals surface area contributed by atoms with E-state index in [0.717, 1.165) is 16.5 Å². The minimum atomic E-state index is -1.57. The molecule has 206 valence electrons. The molecule has 1 aromatic carbocycles. The van der Waals surface area contributed by atoms with Gasteiger partial charge in [-0.1, -0.05) is 57.2 Å². The number of aliphatic hydroxyl groups excluding tert-OH is 1. The first-order valence-corrected chi connectivity index (χ1v) is 14.1. The molecule has 1 spiro atoms. The topological polar surface area (TPSA) is 116 Å². The number of hydrogen-bond donors (Lipinski definition) is 3. The Kier molecular flexibility index (Phi) is 7.23. The highest BCUT2D eigenvalue weighted by molar-refractivity contribution is 6.13. The molecule has 3 aliphatic rings. The molecular weight excluding hydrogens is 492 g/mol. The summed E-state index contributed by atoms with van der Waals surface area (Å²) in [5.74, 6) is -3.14. The number of para-hydroxylation sites is 1. The Morgan fingerprint density at radius 2 is 1.82 bits per heavy atom. The van der Waals surface area contributed by atoms with Crippen molar-refractivity contribution in [3.8, 4) is 0 Å². The van der Waals surface area contributed by atoms with Gasteiger partial charge in [-0.2, -0.15) is 0 Å². The number of aliphatic hydroxyl groups is 1. The number of hydrogen-bond acceptors (Lipinski definition) is 5. The van der Waals surface area contributed by atoms with Crippen molar-refractivity contribution in [2.45, 2.75) is 65.5 Å². The predicted molar refractivity (Wildman–Crippen MR) is 149 cm³/mol. The highest BCUT2D eigenvalue weighted by Crippen LogP contribution is 2.56. The highest BCUT2D eigenvalue weighted by atomic mass is 16.3. The van der Waals surface area contributed by atoms with Crippen LogP contribution in [0.2, 0.25) is 0 Å². The van der Waals surface area contributed by atoms with Crippen LogP contribution in [0.15, 0.2) is 54.3 Å². The van der Waals surface area contributed by atoms with Crippen LogP contribution in [0, 0.1) is 35.0 Å². The van der Waals surface area contributed by atoms with Crippen LogP contribution in [0.5, 0.6) is 0 Å². The molecule has 2 aliphatic carbocycles. The van der Waals surface area contributed by atoms with Gasteiger partial charge < -0.3 is 15.4 Å². The van der Waals surface area contributed by atoms with E-state index in [1.807, 2.05) is 63.4 Å². The number of rotatable bonds is 2. The molecule has 5 rings (SSSR count). The maximum Gasteiger partial charge on any atom is 0.235 e. The Balaban J connectivity index is 1.60. The third-order valence-corrected chi connectivity index (χ3v) is 9.54. The molecule has 39 heavy (non-hydrogen) atoms. The minimum absolute atomic E-state index is 0.0114. The second-order valence-corrected chi connectivity index (χ2v) is 11.9. The number of ketones is 3. The maximum absolute atomic E-state index is 14.2. The van der Waals surface area contributed by atoms with Gasteiger partial charge in [0.1, 0.15) is 23.1 Å². The van der Waals surface area contributed by atoms with E-state index < -0.39 is 35.0 Å². The fraction of sp³-hybridized carbons (Fsp3) is 0.500. The number of carbonyl (C=O) groups is 4. The lowest BCUT2D eigenvalue weighted by Gasteiger charge is -2.47. The Hall–Kier alpha value is -3.32. The summed E-state index contributed by atoms with van der Waals surface area (Å²) in [6, 6.07) is 7.64. The fourth-order valence-electron chi connectivity index (χ4n) is 7.38. The van der Waals surface area contributed by atoms with Crippen LogP contribution in [0.4, 0.5) is 0 Å². The Bertz CT molecular complexity index is 1390. The van der Waals surface area contributed by atoms with Crippen molar-refractivity contribution < 1.29 is 24.3 Å². The molecule has 1 aliphatic heterocycles. The van der Waals surface area contributed by atoms with Crippen molar-refractivity contribution in [2.75, 3.05) is 0 Å². The standard InChI is InChI=1S/C32H38N2O5/c1-17-8-7-10-23-30(38)20(4)19(3)28-25(15-21-16-33-24-11-6-5-9-22(21)24)34-31(39)32(23,28)27(36)13-12-26(35)29(37)18(2)14-17/h5-7,9-11,14,16-17,19-20,23,25-26,28,33,35H,8,12-13,15H2,1-4H3,(H,34,39)/b10-7-,18-14-/t17-,19+,20+,23-,25-,26-,28-,32+/m0/s1. The number of carbonyl (C=O) groups excluding carboxylic acids is 4. The molecule has 0 radical (unpaired) electrons. The third-order valence-electron chi connectivity index (χ3n) is 9.54. The summed E-state index contributed by atoms with van der Waals surface area (Å²) in [4.78, 5) is 58.2. The summed E-state index contributed by atoms with van der Waals surface area (Å²) in [5.41, 5.74) is 0.936. The Morgan fingerprint density at radius 3 is 2.59 bits per heavy atom. The van der Waals surface area contributed by atoms with Crippen LogP contribution in [-0.4, -0.2) is 45.5 Å². The molecule has 1 aromatic heterocycles. The average molecular weight is 531 g/mol. The van der Waals surface area contributed by atoms with Crippen LogP contribution in [0.3, 0.4) is 0 Å². The predicted octanol–water partition coefficient (Wildman–Crippen LogP) is 4.10. The average Bonchev–Trinajstić information content (AvgIpc) is 3.45. The summed E-state index contributed by atoms with van der Waals surface area (Å²) in [5, 5.41) is 14.9. The minimum Gasteiger partial charge on any atom is -0.385 e. The van der Waals surface area contributed by atoms with E-state index in [1.54, 1.807) is 13.0 Å². The van der Waals surface area contributed by atoms with E-state index in [0.29, 0.717) is 18.4 Å². The van der Waals surface area contributed by atoms with Gasteiger partial charge in [-0.05, 0) is 55.2 Å². The van der Waals surface area contributed by atoms with E-state index >= 15 is 0 Å². The monoisotopic (exact) mass is 530 g/mol. The molecule has 8 atom stereocenters. The first kappa shape index (κ1) is 27.3. The van der Waals surface area contributed by atoms with E-state index in [4.69, 9.17) is 0 Å². The molecule has 1 saturated carbocycles. The van der Waals surface area contributed by atoms with E-state index in [2.05, 4.69) is 10.3 Å². The third kappa shape index (κ3) is 4.41. The van der Waals surface area contributed by atoms with Crippen LogP contribution in [-0.2, 0) is 25.6 Å². The van der Waals surface area contributed by atoms with Crippen molar-refractivity contribution in [3.63, 3.8) is 0 Å². The number of amides is 1. The van der Waals surface area contributed by atoms with E-state index in [9.17, 15) is 24.3 Å². The largest absolute Gasteiger partial charge is 0.385 e. The number of fused-ring (bicyclic) bond motifs is 1. The first-order valence-electron chi connectivity index (χ1n) is 14.1. The van der Waals surface area contributed by atoms with Crippen molar-refractivity contribution >= 4 is 34.2 Å². The summed E-state index contributed by atoms with van der Waals surface area (Å²) in [6.07, 6.45) is 6.93. The molecular formula is C32H38N2O5. The fourth-order valence-corrected chi connectivity index (χ4v) is 7.38. The zero-order valence-corrected chi connectivity index (χ0v) is 23.1. The number of aromatic nitrogens is 1. The van der Waals surface area contributed by atoms with E-state index in [-0.39, 0.29) is 48.2 Å².